The molecule has 2 nitrogen and oxygen atoms in total. The van der Waals surface area contributed by atoms with Crippen molar-refractivity contribution in [2.45, 2.75) is 32.1 Å². The molecule has 0 spiro atoms. The lowest BCUT2D eigenvalue weighted by Crippen LogP contribution is -2.26. The van der Waals surface area contributed by atoms with Gasteiger partial charge in [0.1, 0.15) is 0 Å². The van der Waals surface area contributed by atoms with Crippen molar-refractivity contribution in [1.82, 2.24) is 10.3 Å². The molecule has 0 radical (unpaired) electrons. The topological polar surface area (TPSA) is 24.9 Å². The highest BCUT2D eigenvalue weighted by Gasteiger charge is 2.15. The minimum Gasteiger partial charge on any atom is -0.317 e. The lowest BCUT2D eigenvalue weighted by atomic mass is 9.90. The Kier molecular flexibility index (Phi) is 3.12. The molecule has 2 heterocycles. The van der Waals surface area contributed by atoms with Crippen LogP contribution in [0.5, 0.6) is 0 Å². The first-order valence-electron chi connectivity index (χ1n) is 6.47. The van der Waals surface area contributed by atoms with E-state index in [1.807, 2.05) is 11.3 Å². The number of fused-ring (bicyclic) bond motifs is 1. The fourth-order valence-electron chi connectivity index (χ4n) is 2.55. The molecule has 0 bridgehead atoms. The van der Waals surface area contributed by atoms with Gasteiger partial charge in [-0.3, -0.25) is 0 Å². The third-order valence-electron chi connectivity index (χ3n) is 3.57. The Bertz CT molecular complexity index is 512. The summed E-state index contributed by atoms with van der Waals surface area (Å²) >= 11 is 1.85. The summed E-state index contributed by atoms with van der Waals surface area (Å²) in [5, 5.41) is 4.68. The molecule has 0 unspecified atom stereocenters. The van der Waals surface area contributed by atoms with Crippen LogP contribution in [-0.4, -0.2) is 18.1 Å². The molecular formula is C14H18N2S. The lowest BCUT2D eigenvalue weighted by molar-refractivity contribution is 0.461. The number of thiazole rings is 1. The van der Waals surface area contributed by atoms with Gasteiger partial charge in [0.05, 0.1) is 15.2 Å². The zero-order chi connectivity index (χ0) is 11.7. The summed E-state index contributed by atoms with van der Waals surface area (Å²) < 4.78 is 1.36. The van der Waals surface area contributed by atoms with Crippen molar-refractivity contribution in [1.29, 1.82) is 0 Å². The zero-order valence-electron chi connectivity index (χ0n) is 10.2. The number of rotatable bonds is 2. The smallest absolute Gasteiger partial charge is 0.0935 e. The Balaban J connectivity index is 1.94. The van der Waals surface area contributed by atoms with E-state index in [1.165, 1.54) is 33.6 Å². The maximum absolute atomic E-state index is 4.62. The maximum atomic E-state index is 4.62. The molecular weight excluding hydrogens is 228 g/mol. The Morgan fingerprint density at radius 3 is 2.94 bits per heavy atom. The van der Waals surface area contributed by atoms with Gasteiger partial charge in [0, 0.05) is 0 Å². The van der Waals surface area contributed by atoms with Crippen LogP contribution in [0.1, 0.15) is 36.3 Å². The average molecular weight is 246 g/mol. The summed E-state index contributed by atoms with van der Waals surface area (Å²) in [5.74, 6) is 0.743. The molecule has 0 aliphatic carbocycles. The van der Waals surface area contributed by atoms with E-state index in [4.69, 9.17) is 0 Å². The van der Waals surface area contributed by atoms with Crippen LogP contribution in [0.3, 0.4) is 0 Å². The minimum absolute atomic E-state index is 0.743. The lowest BCUT2D eigenvalue weighted by Gasteiger charge is -2.22. The molecule has 0 amide bonds. The zero-order valence-corrected chi connectivity index (χ0v) is 11.0. The highest BCUT2D eigenvalue weighted by molar-refractivity contribution is 7.18. The minimum atomic E-state index is 0.743. The number of piperidine rings is 1. The molecule has 1 fully saturated rings. The first-order valence-corrected chi connectivity index (χ1v) is 7.28. The van der Waals surface area contributed by atoms with Crippen LogP contribution in [0.2, 0.25) is 0 Å². The van der Waals surface area contributed by atoms with Crippen LogP contribution in [0, 0.1) is 0 Å². The van der Waals surface area contributed by atoms with Crippen molar-refractivity contribution < 1.29 is 0 Å². The van der Waals surface area contributed by atoms with Crippen LogP contribution in [0.25, 0.3) is 10.2 Å². The number of aromatic nitrogens is 1. The number of nitrogens with zero attached hydrogens (tertiary/aromatic N) is 1. The van der Waals surface area contributed by atoms with Crippen molar-refractivity contribution >= 4 is 21.6 Å². The van der Waals surface area contributed by atoms with E-state index in [9.17, 15) is 0 Å². The van der Waals surface area contributed by atoms with Gasteiger partial charge in [-0.15, -0.1) is 11.3 Å². The van der Waals surface area contributed by atoms with Gasteiger partial charge >= 0.3 is 0 Å². The molecule has 1 aromatic heterocycles. The normalized spacial score (nSPS) is 17.7. The second kappa shape index (κ2) is 4.75. The van der Waals surface area contributed by atoms with Crippen LogP contribution in [0.15, 0.2) is 18.2 Å². The summed E-state index contributed by atoms with van der Waals surface area (Å²) in [6.07, 6.45) is 3.58. The van der Waals surface area contributed by atoms with Crippen molar-refractivity contribution in [3.05, 3.63) is 28.8 Å². The van der Waals surface area contributed by atoms with Crippen LogP contribution < -0.4 is 5.32 Å². The summed E-state index contributed by atoms with van der Waals surface area (Å²) in [7, 11) is 0. The van der Waals surface area contributed by atoms with Gasteiger partial charge in [-0.2, -0.15) is 0 Å². The average Bonchev–Trinajstić information content (AvgIpc) is 2.81. The molecule has 0 atom stereocenters. The first-order chi connectivity index (χ1) is 8.36. The molecule has 1 aliphatic rings. The number of hydrogen-bond acceptors (Lipinski definition) is 3. The van der Waals surface area contributed by atoms with Gasteiger partial charge in [0.2, 0.25) is 0 Å². The van der Waals surface area contributed by atoms with Crippen molar-refractivity contribution in [2.24, 2.45) is 0 Å². The summed E-state index contributed by atoms with van der Waals surface area (Å²) in [4.78, 5) is 4.62. The van der Waals surface area contributed by atoms with Crippen molar-refractivity contribution in [3.63, 3.8) is 0 Å². The van der Waals surface area contributed by atoms with Gasteiger partial charge in [-0.25, -0.2) is 4.98 Å². The molecule has 3 rings (SSSR count). The third kappa shape index (κ3) is 2.22. The molecule has 1 aliphatic heterocycles. The highest BCUT2D eigenvalue weighted by atomic mass is 32.1. The largest absolute Gasteiger partial charge is 0.317 e. The second-order valence-electron chi connectivity index (χ2n) is 4.71. The standard InChI is InChI=1S/C14H18N2S/c1-2-14-16-12-4-3-11(9-13(12)17-14)10-5-7-15-8-6-10/h3-4,9-10,15H,2,5-8H2,1H3. The predicted octanol–water partition coefficient (Wildman–Crippen LogP) is 3.33. The molecule has 1 N–H and O–H groups in total. The first kappa shape index (κ1) is 11.2. The molecule has 17 heavy (non-hydrogen) atoms. The monoisotopic (exact) mass is 246 g/mol. The van der Waals surface area contributed by atoms with E-state index in [0.717, 1.165) is 25.4 Å². The summed E-state index contributed by atoms with van der Waals surface area (Å²) in [6, 6.07) is 6.84. The fourth-order valence-corrected chi connectivity index (χ4v) is 3.50. The molecule has 90 valence electrons. The quantitative estimate of drug-likeness (QED) is 0.879. The van der Waals surface area contributed by atoms with Crippen LogP contribution in [-0.2, 0) is 6.42 Å². The van der Waals surface area contributed by atoms with Gasteiger partial charge in [0.15, 0.2) is 0 Å². The van der Waals surface area contributed by atoms with Gasteiger partial charge in [-0.1, -0.05) is 13.0 Å². The maximum Gasteiger partial charge on any atom is 0.0935 e. The fraction of sp³-hybridized carbons (Fsp3) is 0.500. The second-order valence-corrected chi connectivity index (χ2v) is 5.83. The molecule has 3 heteroatoms. The molecule has 0 saturated carbocycles. The van der Waals surface area contributed by atoms with Crippen molar-refractivity contribution in [3.8, 4) is 0 Å². The van der Waals surface area contributed by atoms with Crippen molar-refractivity contribution in [2.75, 3.05) is 13.1 Å². The molecule has 2 aromatic rings. The number of benzene rings is 1. The molecule has 1 saturated heterocycles. The Hall–Kier alpha value is -0.930. The number of hydrogen-bond donors (Lipinski definition) is 1. The van der Waals surface area contributed by atoms with Crippen LogP contribution >= 0.6 is 11.3 Å². The van der Waals surface area contributed by atoms with Gasteiger partial charge in [-0.05, 0) is 56.0 Å². The third-order valence-corrected chi connectivity index (χ3v) is 4.73. The number of aryl methyl sites for hydroxylation is 1. The summed E-state index contributed by atoms with van der Waals surface area (Å²) in [5.41, 5.74) is 2.68. The van der Waals surface area contributed by atoms with E-state index in [-0.39, 0.29) is 0 Å². The van der Waals surface area contributed by atoms with E-state index >= 15 is 0 Å². The summed E-state index contributed by atoms with van der Waals surface area (Å²) in [6.45, 7) is 4.49. The van der Waals surface area contributed by atoms with Crippen LogP contribution in [0.4, 0.5) is 0 Å². The van der Waals surface area contributed by atoms with E-state index in [2.05, 4.69) is 35.4 Å². The van der Waals surface area contributed by atoms with Gasteiger partial charge in [0.25, 0.3) is 0 Å². The van der Waals surface area contributed by atoms with E-state index < -0.39 is 0 Å². The Labute approximate surface area is 106 Å². The number of nitrogens with one attached hydrogen (secondary N) is 1. The van der Waals surface area contributed by atoms with Gasteiger partial charge < -0.3 is 5.32 Å². The van der Waals surface area contributed by atoms with E-state index in [0.29, 0.717) is 0 Å². The Morgan fingerprint density at radius 2 is 2.18 bits per heavy atom. The van der Waals surface area contributed by atoms with E-state index in [1.54, 1.807) is 0 Å². The SMILES string of the molecule is CCc1nc2ccc(C3CCNCC3)cc2s1. The Morgan fingerprint density at radius 1 is 1.35 bits per heavy atom. The molecule has 1 aromatic carbocycles. The highest BCUT2D eigenvalue weighted by Crippen LogP contribution is 2.30. The predicted molar refractivity (Wildman–Crippen MR) is 73.8 cm³/mol.